The van der Waals surface area contributed by atoms with Crippen molar-refractivity contribution in [1.29, 1.82) is 0 Å². The molecule has 7 rings (SSSR count). The molecular weight excluding hydrogens is 787 g/mol. The molecule has 3 saturated carbocycles. The fourth-order valence-corrected chi connectivity index (χ4v) is 10.4. The van der Waals surface area contributed by atoms with Crippen molar-refractivity contribution >= 4 is 44.7 Å². The predicted molar refractivity (Wildman–Crippen MR) is 227 cm³/mol. The van der Waals surface area contributed by atoms with Gasteiger partial charge in [0, 0.05) is 29.5 Å². The average Bonchev–Trinajstić information content (AvgIpc) is 4.09. The van der Waals surface area contributed by atoms with Crippen LogP contribution in [0.4, 0.5) is 4.79 Å². The van der Waals surface area contributed by atoms with Gasteiger partial charge in [-0.25, -0.2) is 18.2 Å². The van der Waals surface area contributed by atoms with Crippen molar-refractivity contribution in [2.45, 2.75) is 134 Å². The Morgan fingerprint density at radius 3 is 2.28 bits per heavy atom. The molecule has 2 heterocycles. The average molecular weight is 846 g/mol. The quantitative estimate of drug-likeness (QED) is 0.168. The van der Waals surface area contributed by atoms with Gasteiger partial charge in [-0.2, -0.15) is 0 Å². The predicted octanol–water partition coefficient (Wildman–Crippen LogP) is 6.26. The summed E-state index contributed by atoms with van der Waals surface area (Å²) in [4.78, 5) is 63.2. The van der Waals surface area contributed by atoms with Crippen molar-refractivity contribution in [2.24, 2.45) is 17.3 Å². The highest BCUT2D eigenvalue weighted by atomic mass is 32.2. The van der Waals surface area contributed by atoms with E-state index in [9.17, 15) is 27.6 Å². The summed E-state index contributed by atoms with van der Waals surface area (Å²) in [5, 5.41) is 6.46. The first-order chi connectivity index (χ1) is 28.2. The molecule has 1 aliphatic heterocycles. The molecule has 1 saturated heterocycles. The molecule has 0 radical (unpaired) electrons. The number of ether oxygens (including phenoxy) is 3. The van der Waals surface area contributed by atoms with Gasteiger partial charge < -0.3 is 29.7 Å². The van der Waals surface area contributed by atoms with E-state index in [0.29, 0.717) is 60.2 Å². The molecule has 3 aromatic rings. The van der Waals surface area contributed by atoms with Gasteiger partial charge in [0.25, 0.3) is 5.91 Å². The van der Waals surface area contributed by atoms with Crippen molar-refractivity contribution in [2.75, 3.05) is 13.7 Å². The number of nitrogens with zero attached hydrogens (tertiary/aromatic N) is 2. The summed E-state index contributed by atoms with van der Waals surface area (Å²) in [6, 6.07) is 14.7. The van der Waals surface area contributed by atoms with E-state index in [4.69, 9.17) is 19.2 Å². The lowest BCUT2D eigenvalue weighted by molar-refractivity contribution is -0.143. The highest BCUT2D eigenvalue weighted by Crippen LogP contribution is 2.58. The number of nitrogens with one attached hydrogen (secondary N) is 3. The van der Waals surface area contributed by atoms with Crippen LogP contribution < -0.4 is 24.8 Å². The van der Waals surface area contributed by atoms with Gasteiger partial charge in [0.1, 0.15) is 40.8 Å². The van der Waals surface area contributed by atoms with E-state index in [1.807, 2.05) is 76.2 Å². The molecule has 4 amide bonds. The molecule has 5 atom stereocenters. The molecule has 4 fully saturated rings. The van der Waals surface area contributed by atoms with Gasteiger partial charge in [0.2, 0.25) is 21.8 Å². The smallest absolute Gasteiger partial charge is 0.408 e. The molecule has 1 aromatic heterocycles. The normalized spacial score (nSPS) is 23.9. The second kappa shape index (κ2) is 15.8. The number of carbonyl (C=O) groups excluding carboxylic acids is 4. The van der Waals surface area contributed by atoms with Crippen molar-refractivity contribution in [3.8, 4) is 22.8 Å². The maximum absolute atomic E-state index is 14.8. The number of methoxy groups -OCH3 is 1. The van der Waals surface area contributed by atoms with Gasteiger partial charge in [0.15, 0.2) is 0 Å². The minimum atomic E-state index is -4.00. The third kappa shape index (κ3) is 8.91. The van der Waals surface area contributed by atoms with Crippen molar-refractivity contribution in [3.63, 3.8) is 0 Å². The number of rotatable bonds is 14. The van der Waals surface area contributed by atoms with Crippen LogP contribution in [0.3, 0.4) is 0 Å². The van der Waals surface area contributed by atoms with Crippen LogP contribution in [0.1, 0.15) is 99.8 Å². The van der Waals surface area contributed by atoms with E-state index in [2.05, 4.69) is 15.4 Å². The summed E-state index contributed by atoms with van der Waals surface area (Å²) in [7, 11) is -2.43. The number of fused-ring (bicyclic) bond motifs is 1. The molecule has 3 aliphatic carbocycles. The fourth-order valence-electron chi connectivity index (χ4n) is 8.64. The lowest BCUT2D eigenvalue weighted by Gasteiger charge is -2.36. The standard InChI is InChI=1S/C45H59N5O9S/c1-9-19-44(20-21-44)60(55,56)49-40(53)45(25-32(45)27-15-16-27)48-38(51)35-23-30(26-50(35)39(52)37(42(2,3)4)47-41(54)59-43(5,6)7)58-36-24-33(28-13-11-10-12-14-28)46-34-22-29(57-8)17-18-31(34)36/h10-14,17-18,22,24,27,30,32,35,37H,9,15-16,19-21,23,25-26H2,1-8H3,(H,47,54)(H,48,51)(H,49,53)/t30-,32?,35+,37-,45-/m1/s1. The highest BCUT2D eigenvalue weighted by Gasteiger charge is 2.67. The number of alkyl carbamates (subject to hydrolysis) is 1. The molecule has 0 spiro atoms. The fraction of sp³-hybridized carbons (Fsp3) is 0.578. The minimum Gasteiger partial charge on any atom is -0.497 e. The highest BCUT2D eigenvalue weighted by molar-refractivity contribution is 7.91. The molecule has 0 bridgehead atoms. The largest absolute Gasteiger partial charge is 0.497 e. The zero-order valence-electron chi connectivity index (χ0n) is 35.9. The number of pyridine rings is 1. The molecule has 1 unspecified atom stereocenters. The maximum Gasteiger partial charge on any atom is 0.408 e. The molecule has 60 heavy (non-hydrogen) atoms. The summed E-state index contributed by atoms with van der Waals surface area (Å²) in [6.07, 6.45) is 2.68. The van der Waals surface area contributed by atoms with Crippen LogP contribution in [0.5, 0.6) is 11.5 Å². The van der Waals surface area contributed by atoms with E-state index in [0.717, 1.165) is 18.4 Å². The number of benzene rings is 2. The Labute approximate surface area is 352 Å². The number of hydrogen-bond acceptors (Lipinski definition) is 10. The van der Waals surface area contributed by atoms with E-state index in [1.165, 1.54) is 4.90 Å². The van der Waals surface area contributed by atoms with Crippen molar-refractivity contribution in [3.05, 3.63) is 54.6 Å². The molecular formula is C45H59N5O9S. The first kappa shape index (κ1) is 43.2. The van der Waals surface area contributed by atoms with Crippen molar-refractivity contribution in [1.82, 2.24) is 25.2 Å². The Balaban J connectivity index is 1.22. The van der Waals surface area contributed by atoms with Crippen LogP contribution in [-0.2, 0) is 29.1 Å². The summed E-state index contributed by atoms with van der Waals surface area (Å²) < 4.78 is 46.4. The van der Waals surface area contributed by atoms with Gasteiger partial charge in [0.05, 0.1) is 29.6 Å². The van der Waals surface area contributed by atoms with Gasteiger partial charge >= 0.3 is 6.09 Å². The van der Waals surface area contributed by atoms with Crippen molar-refractivity contribution < 1.29 is 41.8 Å². The molecule has 2 aromatic carbocycles. The Morgan fingerprint density at radius 1 is 0.983 bits per heavy atom. The SMILES string of the molecule is CCCC1(S(=O)(=O)NC(=O)[C@@]2(NC(=O)[C@@H]3C[C@@H](Oc4cc(-c5ccccc5)nc5cc(OC)ccc45)CN3C(=O)[C@@H](NC(=O)OC(C)(C)C)C(C)(C)C)CC2C2CC2)CC1. The van der Waals surface area contributed by atoms with Gasteiger partial charge in [-0.3, -0.25) is 19.1 Å². The monoisotopic (exact) mass is 845 g/mol. The zero-order chi connectivity index (χ0) is 43.4. The number of likely N-dealkylation sites (tertiary alicyclic amines) is 1. The number of amides is 4. The first-order valence-electron chi connectivity index (χ1n) is 21.1. The van der Waals surface area contributed by atoms with E-state index in [-0.39, 0.29) is 24.8 Å². The molecule has 15 heteroatoms. The van der Waals surface area contributed by atoms with Crippen LogP contribution in [-0.4, -0.2) is 89.8 Å². The summed E-state index contributed by atoms with van der Waals surface area (Å²) in [5.41, 5.74) is -0.966. The third-order valence-electron chi connectivity index (χ3n) is 12.2. The first-order valence-corrected chi connectivity index (χ1v) is 22.6. The molecule has 3 N–H and O–H groups in total. The van der Waals surface area contributed by atoms with E-state index >= 15 is 0 Å². The Hall–Kier alpha value is -4.92. The molecule has 4 aliphatic rings. The van der Waals surface area contributed by atoms with Gasteiger partial charge in [-0.1, -0.05) is 64.4 Å². The Kier molecular flexibility index (Phi) is 11.4. The Bertz CT molecular complexity index is 2260. The number of hydrogen-bond donors (Lipinski definition) is 3. The third-order valence-corrected chi connectivity index (χ3v) is 14.4. The molecule has 14 nitrogen and oxygen atoms in total. The van der Waals surface area contributed by atoms with Crippen LogP contribution in [0, 0.1) is 17.3 Å². The van der Waals surface area contributed by atoms with Crippen LogP contribution >= 0.6 is 0 Å². The van der Waals surface area contributed by atoms with Crippen LogP contribution in [0.25, 0.3) is 22.2 Å². The summed E-state index contributed by atoms with van der Waals surface area (Å²) in [5.74, 6) is -0.814. The van der Waals surface area contributed by atoms with Crippen LogP contribution in [0.15, 0.2) is 54.6 Å². The summed E-state index contributed by atoms with van der Waals surface area (Å²) >= 11 is 0. The number of carbonyl (C=O) groups is 4. The second-order valence-electron chi connectivity index (χ2n) is 19.2. The van der Waals surface area contributed by atoms with Gasteiger partial charge in [-0.15, -0.1) is 0 Å². The number of aromatic nitrogens is 1. The van der Waals surface area contributed by atoms with E-state index < -0.39 is 73.3 Å². The zero-order valence-corrected chi connectivity index (χ0v) is 36.7. The van der Waals surface area contributed by atoms with E-state index in [1.54, 1.807) is 33.9 Å². The van der Waals surface area contributed by atoms with Gasteiger partial charge in [-0.05, 0) is 88.7 Å². The minimum absolute atomic E-state index is 0.0285. The maximum atomic E-state index is 14.8. The van der Waals surface area contributed by atoms with Crippen LogP contribution in [0.2, 0.25) is 0 Å². The molecule has 324 valence electrons. The summed E-state index contributed by atoms with van der Waals surface area (Å²) in [6.45, 7) is 12.5. The number of sulfonamides is 1. The lowest BCUT2D eigenvalue weighted by atomic mass is 9.85. The topological polar surface area (TPSA) is 182 Å². The lowest BCUT2D eigenvalue weighted by Crippen LogP contribution is -2.60. The Morgan fingerprint density at radius 2 is 1.68 bits per heavy atom. The second-order valence-corrected chi connectivity index (χ2v) is 21.2.